The molecule has 2 N–H and O–H groups in total. The number of para-hydroxylation sites is 1. The zero-order chi connectivity index (χ0) is 19.1. The second kappa shape index (κ2) is 6.65. The van der Waals surface area contributed by atoms with Crippen molar-refractivity contribution in [1.29, 1.82) is 0 Å². The van der Waals surface area contributed by atoms with Crippen molar-refractivity contribution in [3.63, 3.8) is 0 Å². The summed E-state index contributed by atoms with van der Waals surface area (Å²) >= 11 is 0. The third kappa shape index (κ3) is 2.83. The molecule has 5 heteroatoms. The summed E-state index contributed by atoms with van der Waals surface area (Å²) in [4.78, 5) is 13.4. The number of methoxy groups -OCH3 is 1. The van der Waals surface area contributed by atoms with Gasteiger partial charge in [-0.25, -0.2) is 0 Å². The summed E-state index contributed by atoms with van der Waals surface area (Å²) in [6.45, 7) is 1.57. The number of carbonyl (C=O) groups excluding carboxylic acids is 1. The minimum absolute atomic E-state index is 0.0102. The average Bonchev–Trinajstić information content (AvgIpc) is 3.17. The molecule has 5 nitrogen and oxygen atoms in total. The van der Waals surface area contributed by atoms with Crippen molar-refractivity contribution < 1.29 is 14.6 Å². The van der Waals surface area contributed by atoms with Crippen molar-refractivity contribution in [3.05, 3.63) is 59.7 Å². The van der Waals surface area contributed by atoms with Gasteiger partial charge in [-0.3, -0.25) is 4.79 Å². The Hall–Kier alpha value is -2.95. The number of fused-ring (bicyclic) bond motifs is 3. The molecule has 1 aliphatic carbocycles. The molecule has 2 aromatic rings. The Kier molecular flexibility index (Phi) is 4.30. The standard InChI is InChI=1S/C22H24N2O3/c1-13(25)24(2)14-10-11-19-18(12-14)15-6-4-7-16(15)21(23-19)17-8-5-9-20(27-3)22(17)26/h4-6,8-12,15-16,21,23,26H,7H2,1-3H3. The maximum atomic E-state index is 11.7. The van der Waals surface area contributed by atoms with Crippen LogP contribution in [-0.2, 0) is 4.79 Å². The Balaban J connectivity index is 1.76. The zero-order valence-electron chi connectivity index (χ0n) is 15.8. The molecule has 27 heavy (non-hydrogen) atoms. The van der Waals surface area contributed by atoms with E-state index in [0.717, 1.165) is 23.4 Å². The van der Waals surface area contributed by atoms with Gasteiger partial charge in [0, 0.05) is 36.8 Å². The number of phenolic OH excluding ortho intramolecular Hbond substituents is 1. The zero-order valence-corrected chi connectivity index (χ0v) is 15.8. The molecule has 1 amide bonds. The second-order valence-electron chi connectivity index (χ2n) is 7.22. The summed E-state index contributed by atoms with van der Waals surface area (Å²) in [5, 5.41) is 14.3. The number of aromatic hydroxyl groups is 1. The highest BCUT2D eigenvalue weighted by Gasteiger charge is 2.39. The van der Waals surface area contributed by atoms with Crippen LogP contribution in [0.4, 0.5) is 11.4 Å². The molecule has 2 aromatic carbocycles. The first-order valence-electron chi connectivity index (χ1n) is 9.18. The summed E-state index contributed by atoms with van der Waals surface area (Å²) in [6.07, 6.45) is 5.38. The van der Waals surface area contributed by atoms with Gasteiger partial charge in [-0.2, -0.15) is 0 Å². The van der Waals surface area contributed by atoms with E-state index in [1.54, 1.807) is 32.0 Å². The molecule has 0 aromatic heterocycles. The molecule has 3 unspecified atom stereocenters. The van der Waals surface area contributed by atoms with Gasteiger partial charge in [-0.05, 0) is 42.2 Å². The molecule has 1 aliphatic heterocycles. The van der Waals surface area contributed by atoms with Crippen LogP contribution in [0.25, 0.3) is 0 Å². The molecule has 1 heterocycles. The van der Waals surface area contributed by atoms with Gasteiger partial charge in [0.25, 0.3) is 0 Å². The Labute approximate surface area is 159 Å². The van der Waals surface area contributed by atoms with Crippen LogP contribution in [0.2, 0.25) is 0 Å². The Morgan fingerprint density at radius 1 is 1.26 bits per heavy atom. The number of ether oxygens (including phenoxy) is 1. The van der Waals surface area contributed by atoms with Crippen molar-refractivity contribution in [3.8, 4) is 11.5 Å². The minimum Gasteiger partial charge on any atom is -0.504 e. The number of benzene rings is 2. The van der Waals surface area contributed by atoms with E-state index in [1.807, 2.05) is 24.3 Å². The quantitative estimate of drug-likeness (QED) is 0.801. The monoisotopic (exact) mass is 364 g/mol. The first-order chi connectivity index (χ1) is 13.0. The van der Waals surface area contributed by atoms with Crippen LogP contribution in [0.15, 0.2) is 48.6 Å². The molecule has 3 atom stereocenters. The average molecular weight is 364 g/mol. The number of amides is 1. The number of hydrogen-bond acceptors (Lipinski definition) is 4. The third-order valence-electron chi connectivity index (χ3n) is 5.79. The SMILES string of the molecule is COc1cccc(C2Nc3ccc(N(C)C(C)=O)cc3C3C=CCC32)c1O. The maximum absolute atomic E-state index is 11.7. The second-order valence-corrected chi connectivity index (χ2v) is 7.22. The predicted molar refractivity (Wildman–Crippen MR) is 107 cm³/mol. The first-order valence-corrected chi connectivity index (χ1v) is 9.18. The lowest BCUT2D eigenvalue weighted by molar-refractivity contribution is -0.116. The normalized spacial score (nSPS) is 22.6. The van der Waals surface area contributed by atoms with E-state index in [4.69, 9.17) is 4.74 Å². The molecular weight excluding hydrogens is 340 g/mol. The summed E-state index contributed by atoms with van der Waals surface area (Å²) in [5.41, 5.74) is 3.97. The van der Waals surface area contributed by atoms with Gasteiger partial charge < -0.3 is 20.1 Å². The van der Waals surface area contributed by atoms with Gasteiger partial charge in [-0.1, -0.05) is 24.3 Å². The fourth-order valence-corrected chi connectivity index (χ4v) is 4.24. The van der Waals surface area contributed by atoms with Gasteiger partial charge in [0.1, 0.15) is 0 Å². The molecular formula is C22H24N2O3. The van der Waals surface area contributed by atoms with E-state index < -0.39 is 0 Å². The fourth-order valence-electron chi connectivity index (χ4n) is 4.24. The van der Waals surface area contributed by atoms with Gasteiger partial charge in [0.15, 0.2) is 11.5 Å². The smallest absolute Gasteiger partial charge is 0.223 e. The van der Waals surface area contributed by atoms with Crippen LogP contribution in [0.5, 0.6) is 11.5 Å². The molecule has 0 saturated heterocycles. The van der Waals surface area contributed by atoms with Crippen LogP contribution in [0.1, 0.15) is 36.4 Å². The highest BCUT2D eigenvalue weighted by Crippen LogP contribution is 2.52. The molecule has 0 bridgehead atoms. The van der Waals surface area contributed by atoms with Crippen LogP contribution in [0.3, 0.4) is 0 Å². The summed E-state index contributed by atoms with van der Waals surface area (Å²) in [5.74, 6) is 1.24. The van der Waals surface area contributed by atoms with Crippen molar-refractivity contribution in [2.45, 2.75) is 25.3 Å². The number of nitrogens with one attached hydrogen (secondary N) is 1. The summed E-state index contributed by atoms with van der Waals surface area (Å²) in [6, 6.07) is 11.7. The van der Waals surface area contributed by atoms with E-state index in [0.29, 0.717) is 11.7 Å². The van der Waals surface area contributed by atoms with Crippen molar-refractivity contribution in [2.75, 3.05) is 24.4 Å². The summed E-state index contributed by atoms with van der Waals surface area (Å²) in [7, 11) is 3.36. The maximum Gasteiger partial charge on any atom is 0.223 e. The number of nitrogens with zero attached hydrogens (tertiary/aromatic N) is 1. The van der Waals surface area contributed by atoms with Gasteiger partial charge >= 0.3 is 0 Å². The summed E-state index contributed by atoms with van der Waals surface area (Å²) < 4.78 is 5.29. The van der Waals surface area contributed by atoms with Gasteiger partial charge in [0.05, 0.1) is 13.2 Å². The molecule has 0 spiro atoms. The molecule has 4 rings (SSSR count). The Morgan fingerprint density at radius 3 is 2.81 bits per heavy atom. The van der Waals surface area contributed by atoms with E-state index in [-0.39, 0.29) is 23.6 Å². The third-order valence-corrected chi connectivity index (χ3v) is 5.79. The highest BCUT2D eigenvalue weighted by atomic mass is 16.5. The molecule has 0 saturated carbocycles. The minimum atomic E-state index is -0.0102. The number of allylic oxidation sites excluding steroid dienone is 2. The largest absolute Gasteiger partial charge is 0.504 e. The van der Waals surface area contributed by atoms with Crippen LogP contribution in [0, 0.1) is 5.92 Å². The van der Waals surface area contributed by atoms with Crippen LogP contribution < -0.4 is 15.0 Å². The van der Waals surface area contributed by atoms with Crippen molar-refractivity contribution in [2.24, 2.45) is 5.92 Å². The molecule has 0 radical (unpaired) electrons. The lowest BCUT2D eigenvalue weighted by atomic mass is 9.76. The van der Waals surface area contributed by atoms with Gasteiger partial charge in [0.2, 0.25) is 5.91 Å². The molecule has 140 valence electrons. The number of hydrogen-bond donors (Lipinski definition) is 2. The van der Waals surface area contributed by atoms with Gasteiger partial charge in [-0.15, -0.1) is 0 Å². The van der Waals surface area contributed by atoms with Crippen molar-refractivity contribution in [1.82, 2.24) is 0 Å². The number of carbonyl (C=O) groups is 1. The first kappa shape index (κ1) is 17.5. The Bertz CT molecular complexity index is 922. The molecule has 2 aliphatic rings. The molecule has 0 fully saturated rings. The Morgan fingerprint density at radius 2 is 2.07 bits per heavy atom. The van der Waals surface area contributed by atoms with E-state index >= 15 is 0 Å². The topological polar surface area (TPSA) is 61.8 Å². The van der Waals surface area contributed by atoms with Crippen LogP contribution in [-0.4, -0.2) is 25.2 Å². The van der Waals surface area contributed by atoms with E-state index in [2.05, 4.69) is 23.5 Å². The predicted octanol–water partition coefficient (Wildman–Crippen LogP) is 4.21. The van der Waals surface area contributed by atoms with E-state index in [9.17, 15) is 9.90 Å². The lowest BCUT2D eigenvalue weighted by Crippen LogP contribution is -2.30. The van der Waals surface area contributed by atoms with Crippen LogP contribution >= 0.6 is 0 Å². The van der Waals surface area contributed by atoms with E-state index in [1.165, 1.54) is 5.56 Å². The fraction of sp³-hybridized carbons (Fsp3) is 0.318. The number of anilines is 2. The van der Waals surface area contributed by atoms with Crippen molar-refractivity contribution >= 4 is 17.3 Å². The highest BCUT2D eigenvalue weighted by molar-refractivity contribution is 5.91. The lowest BCUT2D eigenvalue weighted by Gasteiger charge is -2.38. The number of phenols is 1. The number of rotatable bonds is 3.